The summed E-state index contributed by atoms with van der Waals surface area (Å²) in [5.41, 5.74) is 0.546. The summed E-state index contributed by atoms with van der Waals surface area (Å²) in [6.07, 6.45) is 0. The summed E-state index contributed by atoms with van der Waals surface area (Å²) < 4.78 is 44.8. The highest BCUT2D eigenvalue weighted by atomic mass is 19.2. The molecule has 3 rings (SSSR count). The molecule has 0 bridgehead atoms. The highest BCUT2D eigenvalue weighted by Gasteiger charge is 2.19. The molecule has 24 heavy (non-hydrogen) atoms. The first kappa shape index (κ1) is 15.9. The Hall–Kier alpha value is -3.03. The van der Waals surface area contributed by atoms with Gasteiger partial charge < -0.3 is 15.4 Å². The fraction of sp³-hybridized carbons (Fsp3) is 0.125. The maximum absolute atomic E-state index is 13.6. The molecule has 2 amide bonds. The Bertz CT molecular complexity index is 840. The summed E-state index contributed by atoms with van der Waals surface area (Å²) >= 11 is 0. The van der Waals surface area contributed by atoms with Crippen molar-refractivity contribution < 1.29 is 27.5 Å². The minimum atomic E-state index is -1.69. The molecule has 1 aliphatic heterocycles. The van der Waals surface area contributed by atoms with Gasteiger partial charge in [-0.3, -0.25) is 9.59 Å². The number of carbonyl (C=O) groups excluding carboxylic acids is 2. The monoisotopic (exact) mass is 336 g/mol. The minimum Gasteiger partial charge on any atom is -0.482 e. The van der Waals surface area contributed by atoms with E-state index in [-0.39, 0.29) is 19.1 Å². The van der Waals surface area contributed by atoms with E-state index in [0.29, 0.717) is 23.1 Å². The van der Waals surface area contributed by atoms with E-state index in [4.69, 9.17) is 4.74 Å². The van der Waals surface area contributed by atoms with Gasteiger partial charge in [0.25, 0.3) is 11.8 Å². The summed E-state index contributed by atoms with van der Waals surface area (Å²) in [7, 11) is 0. The lowest BCUT2D eigenvalue weighted by Crippen LogP contribution is -2.26. The number of amides is 2. The zero-order chi connectivity index (χ0) is 17.3. The third kappa shape index (κ3) is 3.03. The first-order chi connectivity index (χ1) is 11.5. The lowest BCUT2D eigenvalue weighted by Gasteiger charge is -2.18. The van der Waals surface area contributed by atoms with Crippen LogP contribution in [0.3, 0.4) is 0 Å². The first-order valence-corrected chi connectivity index (χ1v) is 6.93. The molecule has 0 saturated heterocycles. The maximum atomic E-state index is 13.6. The first-order valence-electron chi connectivity index (χ1n) is 6.93. The van der Waals surface area contributed by atoms with Gasteiger partial charge in [-0.2, -0.15) is 0 Å². The van der Waals surface area contributed by atoms with Gasteiger partial charge in [-0.25, -0.2) is 13.2 Å². The summed E-state index contributed by atoms with van der Waals surface area (Å²) in [4.78, 5) is 23.1. The van der Waals surface area contributed by atoms with Crippen LogP contribution in [-0.2, 0) is 11.3 Å². The number of ether oxygens (including phenoxy) is 1. The van der Waals surface area contributed by atoms with E-state index in [2.05, 4.69) is 10.6 Å². The Morgan fingerprint density at radius 1 is 1.17 bits per heavy atom. The van der Waals surface area contributed by atoms with Crippen LogP contribution in [-0.4, -0.2) is 18.4 Å². The van der Waals surface area contributed by atoms with Crippen LogP contribution in [0.4, 0.5) is 18.9 Å². The van der Waals surface area contributed by atoms with Crippen LogP contribution in [0.1, 0.15) is 15.9 Å². The van der Waals surface area contributed by atoms with Gasteiger partial charge in [0.2, 0.25) is 0 Å². The van der Waals surface area contributed by atoms with Crippen molar-refractivity contribution in [1.82, 2.24) is 5.32 Å². The summed E-state index contributed by atoms with van der Waals surface area (Å²) in [6.45, 7) is -0.0925. The molecule has 8 heteroatoms. The third-order valence-corrected chi connectivity index (χ3v) is 3.41. The predicted molar refractivity (Wildman–Crippen MR) is 78.1 cm³/mol. The molecule has 0 aromatic heterocycles. The normalized spacial score (nSPS) is 12.9. The van der Waals surface area contributed by atoms with Crippen molar-refractivity contribution in [3.8, 4) is 5.75 Å². The number of carbonyl (C=O) groups is 2. The molecular weight excluding hydrogens is 325 g/mol. The van der Waals surface area contributed by atoms with Gasteiger partial charge in [0.05, 0.1) is 11.3 Å². The number of rotatable bonds is 3. The van der Waals surface area contributed by atoms with Gasteiger partial charge in [0.15, 0.2) is 24.1 Å². The van der Waals surface area contributed by atoms with Gasteiger partial charge in [0.1, 0.15) is 5.75 Å². The van der Waals surface area contributed by atoms with Gasteiger partial charge in [-0.15, -0.1) is 0 Å². The molecule has 0 aliphatic carbocycles. The van der Waals surface area contributed by atoms with Crippen LogP contribution < -0.4 is 15.4 Å². The van der Waals surface area contributed by atoms with Crippen LogP contribution >= 0.6 is 0 Å². The lowest BCUT2D eigenvalue weighted by atomic mass is 10.1. The topological polar surface area (TPSA) is 67.4 Å². The second kappa shape index (κ2) is 6.23. The Morgan fingerprint density at radius 3 is 2.75 bits per heavy atom. The quantitative estimate of drug-likeness (QED) is 0.846. The lowest BCUT2D eigenvalue weighted by molar-refractivity contribution is -0.118. The van der Waals surface area contributed by atoms with Crippen LogP contribution in [0.2, 0.25) is 0 Å². The maximum Gasteiger partial charge on any atom is 0.262 e. The summed E-state index contributed by atoms with van der Waals surface area (Å²) in [6, 6.07) is 6.40. The number of nitrogens with one attached hydrogen (secondary N) is 2. The fourth-order valence-electron chi connectivity index (χ4n) is 2.21. The number of anilines is 1. The van der Waals surface area contributed by atoms with E-state index in [1.165, 1.54) is 0 Å². The second-order valence-corrected chi connectivity index (χ2v) is 5.07. The standard InChI is InChI=1S/C16H11F3N2O3/c17-10-3-2-9(14(18)15(10)19)16(23)20-6-8-1-4-11-12(5-8)24-7-13(22)21-11/h1-5H,6-7H2,(H,20,23)(H,21,22). The van der Waals surface area contributed by atoms with E-state index in [9.17, 15) is 22.8 Å². The molecule has 0 spiro atoms. The summed E-state index contributed by atoms with van der Waals surface area (Å²) in [5, 5.41) is 5.03. The van der Waals surface area contributed by atoms with Crippen LogP contribution in [0.5, 0.6) is 5.75 Å². The second-order valence-electron chi connectivity index (χ2n) is 5.07. The number of hydrogen-bond donors (Lipinski definition) is 2. The Labute approximate surface area is 134 Å². The van der Waals surface area contributed by atoms with Crippen molar-refractivity contribution in [1.29, 1.82) is 0 Å². The number of fused-ring (bicyclic) bond motifs is 1. The van der Waals surface area contributed by atoms with Crippen molar-refractivity contribution in [2.45, 2.75) is 6.54 Å². The Kier molecular flexibility index (Phi) is 4.11. The molecule has 0 fully saturated rings. The average Bonchev–Trinajstić information content (AvgIpc) is 2.57. The smallest absolute Gasteiger partial charge is 0.262 e. The molecule has 5 nitrogen and oxygen atoms in total. The molecule has 0 radical (unpaired) electrons. The zero-order valence-electron chi connectivity index (χ0n) is 12.2. The molecule has 2 N–H and O–H groups in total. The Balaban J connectivity index is 1.71. The molecular formula is C16H11F3N2O3. The fourth-order valence-corrected chi connectivity index (χ4v) is 2.21. The van der Waals surface area contributed by atoms with Crippen molar-refractivity contribution in [2.24, 2.45) is 0 Å². The highest BCUT2D eigenvalue weighted by molar-refractivity contribution is 5.95. The predicted octanol–water partition coefficient (Wildman–Crippen LogP) is 2.36. The number of halogens is 3. The van der Waals surface area contributed by atoms with E-state index in [1.54, 1.807) is 18.2 Å². The largest absolute Gasteiger partial charge is 0.482 e. The van der Waals surface area contributed by atoms with Crippen molar-refractivity contribution in [3.05, 3.63) is 58.9 Å². The molecule has 2 aromatic rings. The molecule has 0 unspecified atom stereocenters. The highest BCUT2D eigenvalue weighted by Crippen LogP contribution is 2.28. The van der Waals surface area contributed by atoms with E-state index < -0.39 is 28.9 Å². The van der Waals surface area contributed by atoms with Crippen LogP contribution in [0.15, 0.2) is 30.3 Å². The molecule has 0 saturated carbocycles. The van der Waals surface area contributed by atoms with Gasteiger partial charge >= 0.3 is 0 Å². The zero-order valence-corrected chi connectivity index (χ0v) is 12.2. The number of hydrogen-bond acceptors (Lipinski definition) is 3. The third-order valence-electron chi connectivity index (χ3n) is 3.41. The van der Waals surface area contributed by atoms with Crippen molar-refractivity contribution >= 4 is 17.5 Å². The number of benzene rings is 2. The van der Waals surface area contributed by atoms with E-state index in [0.717, 1.165) is 6.07 Å². The van der Waals surface area contributed by atoms with E-state index >= 15 is 0 Å². The molecule has 1 heterocycles. The molecule has 2 aromatic carbocycles. The average molecular weight is 336 g/mol. The molecule has 124 valence electrons. The van der Waals surface area contributed by atoms with E-state index in [1.807, 2.05) is 0 Å². The molecule has 0 atom stereocenters. The minimum absolute atomic E-state index is 0.0157. The van der Waals surface area contributed by atoms with Crippen molar-refractivity contribution in [2.75, 3.05) is 11.9 Å². The van der Waals surface area contributed by atoms with Crippen molar-refractivity contribution in [3.63, 3.8) is 0 Å². The SMILES string of the molecule is O=C1COc2cc(CNC(=O)c3ccc(F)c(F)c3F)ccc2N1. The Morgan fingerprint density at radius 2 is 1.96 bits per heavy atom. The molecule has 1 aliphatic rings. The summed E-state index contributed by atoms with van der Waals surface area (Å²) in [5.74, 6) is -5.29. The van der Waals surface area contributed by atoms with Gasteiger partial charge in [-0.1, -0.05) is 6.07 Å². The van der Waals surface area contributed by atoms with Gasteiger partial charge in [-0.05, 0) is 29.8 Å². The van der Waals surface area contributed by atoms with Gasteiger partial charge in [0, 0.05) is 6.54 Å². The van der Waals surface area contributed by atoms with Crippen LogP contribution in [0, 0.1) is 17.5 Å². The van der Waals surface area contributed by atoms with Crippen LogP contribution in [0.25, 0.3) is 0 Å².